The van der Waals surface area contributed by atoms with Gasteiger partial charge in [0, 0.05) is 17.5 Å². The maximum Gasteiger partial charge on any atom is 0.336 e. The van der Waals surface area contributed by atoms with E-state index in [1.807, 2.05) is 30.3 Å². The van der Waals surface area contributed by atoms with Crippen LogP contribution in [0.15, 0.2) is 91.0 Å². The van der Waals surface area contributed by atoms with E-state index in [2.05, 4.69) is 0 Å². The number of carbonyl (C=O) groups excluding carboxylic acids is 2. The lowest BCUT2D eigenvalue weighted by Crippen LogP contribution is -2.13. The van der Waals surface area contributed by atoms with Gasteiger partial charge in [0.15, 0.2) is 5.78 Å². The molecule has 174 valence electrons. The van der Waals surface area contributed by atoms with Gasteiger partial charge in [0.05, 0.1) is 5.56 Å². The molecule has 5 nitrogen and oxygen atoms in total. The summed E-state index contributed by atoms with van der Waals surface area (Å²) in [4.78, 5) is 37.1. The van der Waals surface area contributed by atoms with E-state index in [1.165, 1.54) is 24.3 Å². The lowest BCUT2D eigenvalue weighted by molar-refractivity contribution is 0.0696. The molecule has 0 heterocycles. The average Bonchev–Trinajstić information content (AvgIpc) is 2.84. The van der Waals surface area contributed by atoms with Gasteiger partial charge in [-0.1, -0.05) is 48.5 Å². The Kier molecular flexibility index (Phi) is 6.83. The van der Waals surface area contributed by atoms with Crippen molar-refractivity contribution in [3.8, 4) is 11.1 Å². The topological polar surface area (TPSA) is 97.5 Å². The van der Waals surface area contributed by atoms with Crippen LogP contribution in [-0.4, -0.2) is 22.8 Å². The summed E-state index contributed by atoms with van der Waals surface area (Å²) in [6.45, 7) is 0. The molecule has 0 saturated heterocycles. The Morgan fingerprint density at radius 2 is 1.49 bits per heavy atom. The van der Waals surface area contributed by atoms with Gasteiger partial charge in [-0.3, -0.25) is 9.59 Å². The first kappa shape index (κ1) is 23.6. The molecule has 0 aliphatic heterocycles. The highest BCUT2D eigenvalue weighted by Gasteiger charge is 2.21. The Balaban J connectivity index is 1.86. The van der Waals surface area contributed by atoms with E-state index < -0.39 is 17.7 Å². The second kappa shape index (κ2) is 10.1. The highest BCUT2D eigenvalue weighted by atomic mass is 19.1. The number of primary amides is 1. The molecule has 0 unspecified atom stereocenters. The third-order valence-electron chi connectivity index (χ3n) is 5.72. The van der Waals surface area contributed by atoms with Crippen molar-refractivity contribution in [3.05, 3.63) is 130 Å². The molecule has 4 aromatic rings. The number of hydrogen-bond donors (Lipinski definition) is 2. The molecule has 0 aliphatic rings. The normalized spacial score (nSPS) is 10.7. The number of ketones is 1. The summed E-state index contributed by atoms with van der Waals surface area (Å²) in [5.41, 5.74) is 8.99. The van der Waals surface area contributed by atoms with Gasteiger partial charge in [-0.05, 0) is 76.7 Å². The quantitative estimate of drug-likeness (QED) is 0.343. The molecule has 0 saturated carbocycles. The summed E-state index contributed by atoms with van der Waals surface area (Å²) in [6, 6.07) is 24.7. The number of carbonyl (C=O) groups is 3. The van der Waals surface area contributed by atoms with E-state index in [9.17, 15) is 23.9 Å². The van der Waals surface area contributed by atoms with E-state index >= 15 is 0 Å². The Morgan fingerprint density at radius 3 is 2.14 bits per heavy atom. The summed E-state index contributed by atoms with van der Waals surface area (Å²) in [6.07, 6.45) is 0.333. The molecule has 0 radical (unpaired) electrons. The molecular formula is C29H22FNO4. The molecule has 1 amide bonds. The molecule has 4 rings (SSSR count). The number of carboxylic acid groups (broad SMARTS) is 1. The molecule has 35 heavy (non-hydrogen) atoms. The van der Waals surface area contributed by atoms with Crippen molar-refractivity contribution in [2.24, 2.45) is 5.73 Å². The number of carboxylic acids is 1. The zero-order valence-electron chi connectivity index (χ0n) is 18.7. The van der Waals surface area contributed by atoms with Gasteiger partial charge in [0.2, 0.25) is 5.91 Å². The molecular weight excluding hydrogens is 445 g/mol. The van der Waals surface area contributed by atoms with Crippen LogP contribution in [0.5, 0.6) is 0 Å². The van der Waals surface area contributed by atoms with Gasteiger partial charge in [-0.25, -0.2) is 9.18 Å². The highest BCUT2D eigenvalue weighted by molar-refractivity contribution is 6.03. The fourth-order valence-electron chi connectivity index (χ4n) is 4.07. The van der Waals surface area contributed by atoms with Gasteiger partial charge >= 0.3 is 5.97 Å². The van der Waals surface area contributed by atoms with Crippen LogP contribution < -0.4 is 5.73 Å². The Bertz CT molecular complexity index is 1410. The summed E-state index contributed by atoms with van der Waals surface area (Å²) >= 11 is 0. The molecule has 0 fully saturated rings. The first-order chi connectivity index (χ1) is 16.8. The molecule has 0 bridgehead atoms. The maximum atomic E-state index is 13.3. The van der Waals surface area contributed by atoms with Gasteiger partial charge in [0.25, 0.3) is 0 Å². The first-order valence-electron chi connectivity index (χ1n) is 10.9. The predicted octanol–water partition coefficient (Wildman–Crippen LogP) is 5.31. The molecule has 0 aromatic heterocycles. The van der Waals surface area contributed by atoms with E-state index in [1.54, 1.807) is 36.4 Å². The molecule has 0 aliphatic carbocycles. The van der Waals surface area contributed by atoms with Gasteiger partial charge in [-0.15, -0.1) is 0 Å². The molecule has 3 N–H and O–H groups in total. The van der Waals surface area contributed by atoms with Crippen molar-refractivity contribution in [2.75, 3.05) is 0 Å². The molecule has 0 atom stereocenters. The lowest BCUT2D eigenvalue weighted by atomic mass is 9.88. The van der Waals surface area contributed by atoms with Crippen LogP contribution in [-0.2, 0) is 12.8 Å². The minimum absolute atomic E-state index is 0.0288. The van der Waals surface area contributed by atoms with Crippen LogP contribution in [0.3, 0.4) is 0 Å². The number of halogens is 1. The summed E-state index contributed by atoms with van der Waals surface area (Å²) in [5.74, 6) is -2.62. The zero-order chi connectivity index (χ0) is 24.9. The van der Waals surface area contributed by atoms with E-state index in [-0.39, 0.29) is 28.9 Å². The van der Waals surface area contributed by atoms with Crippen LogP contribution >= 0.6 is 0 Å². The van der Waals surface area contributed by atoms with Crippen LogP contribution in [0.2, 0.25) is 0 Å². The average molecular weight is 467 g/mol. The maximum absolute atomic E-state index is 13.3. The van der Waals surface area contributed by atoms with Crippen molar-refractivity contribution < 1.29 is 23.9 Å². The predicted molar refractivity (Wildman–Crippen MR) is 131 cm³/mol. The van der Waals surface area contributed by atoms with Crippen LogP contribution in [0, 0.1) is 5.82 Å². The summed E-state index contributed by atoms with van der Waals surface area (Å²) in [5, 5.41) is 10.1. The van der Waals surface area contributed by atoms with Crippen molar-refractivity contribution >= 4 is 17.7 Å². The van der Waals surface area contributed by atoms with E-state index in [0.29, 0.717) is 23.1 Å². The number of aromatic carboxylic acids is 1. The number of amides is 1. The van der Waals surface area contributed by atoms with Crippen LogP contribution in [0.25, 0.3) is 11.1 Å². The summed E-state index contributed by atoms with van der Waals surface area (Å²) < 4.78 is 13.3. The fourth-order valence-corrected chi connectivity index (χ4v) is 4.07. The van der Waals surface area contributed by atoms with Gasteiger partial charge in [0.1, 0.15) is 5.82 Å². The number of nitrogens with two attached hydrogens (primary N) is 1. The SMILES string of the molecule is NC(=O)c1cccc(-c2cc(Cc3ccccc3)cc(CC(=O)c3ccc(F)cc3)c2C(=O)O)c1. The Morgan fingerprint density at radius 1 is 0.771 bits per heavy atom. The van der Waals surface area contributed by atoms with E-state index in [0.717, 1.165) is 11.1 Å². The smallest absolute Gasteiger partial charge is 0.336 e. The minimum atomic E-state index is -1.20. The van der Waals surface area contributed by atoms with Gasteiger partial charge in [-0.2, -0.15) is 0 Å². The minimum Gasteiger partial charge on any atom is -0.478 e. The second-order valence-electron chi connectivity index (χ2n) is 8.20. The first-order valence-corrected chi connectivity index (χ1v) is 10.9. The Labute approximate surface area is 201 Å². The van der Waals surface area contributed by atoms with E-state index in [4.69, 9.17) is 5.73 Å². The van der Waals surface area contributed by atoms with Crippen LogP contribution in [0.4, 0.5) is 4.39 Å². The van der Waals surface area contributed by atoms with Crippen molar-refractivity contribution in [1.82, 2.24) is 0 Å². The number of rotatable bonds is 8. The van der Waals surface area contributed by atoms with Crippen LogP contribution in [0.1, 0.15) is 47.8 Å². The summed E-state index contributed by atoms with van der Waals surface area (Å²) in [7, 11) is 0. The molecule has 6 heteroatoms. The van der Waals surface area contributed by atoms with Crippen molar-refractivity contribution in [1.29, 1.82) is 0 Å². The largest absolute Gasteiger partial charge is 0.478 e. The van der Waals surface area contributed by atoms with Crippen molar-refractivity contribution in [3.63, 3.8) is 0 Å². The number of hydrogen-bond acceptors (Lipinski definition) is 3. The second-order valence-corrected chi connectivity index (χ2v) is 8.20. The lowest BCUT2D eigenvalue weighted by Gasteiger charge is -2.16. The third kappa shape index (κ3) is 5.50. The highest BCUT2D eigenvalue weighted by Crippen LogP contribution is 2.31. The monoisotopic (exact) mass is 467 g/mol. The van der Waals surface area contributed by atoms with Crippen molar-refractivity contribution in [2.45, 2.75) is 12.8 Å². The zero-order valence-corrected chi connectivity index (χ0v) is 18.7. The molecule has 4 aromatic carbocycles. The fraction of sp³-hybridized carbons (Fsp3) is 0.0690. The van der Waals surface area contributed by atoms with Gasteiger partial charge < -0.3 is 10.8 Å². The third-order valence-corrected chi connectivity index (χ3v) is 5.72. The Hall–Kier alpha value is -4.58. The standard InChI is InChI=1S/C29H22FNO4/c30-24-11-9-20(10-12-24)26(32)17-23-14-19(13-18-5-2-1-3-6-18)15-25(27(23)29(34)35)21-7-4-8-22(16-21)28(31)33/h1-12,14-16H,13,17H2,(H2,31,33)(H,34,35). The number of Topliss-reactive ketones (excluding diaryl/α,β-unsaturated/α-hetero) is 1. The number of benzene rings is 4. The molecule has 0 spiro atoms.